The summed E-state index contributed by atoms with van der Waals surface area (Å²) in [5, 5.41) is 0. The zero-order valence-corrected chi connectivity index (χ0v) is 8.35. The van der Waals surface area contributed by atoms with Crippen LogP contribution in [0.5, 0.6) is 0 Å². The van der Waals surface area contributed by atoms with Gasteiger partial charge in [0.1, 0.15) is 0 Å². The Labute approximate surface area is 82.2 Å². The van der Waals surface area contributed by atoms with Gasteiger partial charge < -0.3 is 10.6 Å². The quantitative estimate of drug-likeness (QED) is 0.747. The molecule has 0 radical (unpaired) electrons. The second kappa shape index (κ2) is 4.49. The van der Waals surface area contributed by atoms with Gasteiger partial charge in [0, 0.05) is 19.1 Å². The smallest absolute Gasteiger partial charge is 0.326 e. The summed E-state index contributed by atoms with van der Waals surface area (Å²) >= 11 is 0. The predicted octanol–water partition coefficient (Wildman–Crippen LogP) is 1.61. The lowest BCUT2D eigenvalue weighted by Gasteiger charge is -2.21. The van der Waals surface area contributed by atoms with Crippen molar-refractivity contribution in [3.63, 3.8) is 0 Å². The van der Waals surface area contributed by atoms with Gasteiger partial charge in [0.25, 0.3) is 0 Å². The predicted molar refractivity (Wildman–Crippen MR) is 48.9 cm³/mol. The molecule has 0 amide bonds. The molecular weight excluding hydrogens is 193 g/mol. The SMILES string of the molecule is CN(CCC(F)(F)F)CC(N)C1CC1. The van der Waals surface area contributed by atoms with E-state index in [9.17, 15) is 13.2 Å². The van der Waals surface area contributed by atoms with Crippen molar-refractivity contribution in [1.82, 2.24) is 4.90 Å². The fourth-order valence-electron chi connectivity index (χ4n) is 1.44. The number of hydrogen-bond acceptors (Lipinski definition) is 2. The van der Waals surface area contributed by atoms with Crippen LogP contribution >= 0.6 is 0 Å². The molecule has 1 unspecified atom stereocenters. The average molecular weight is 210 g/mol. The van der Waals surface area contributed by atoms with Gasteiger partial charge in [0.15, 0.2) is 0 Å². The third-order valence-corrected chi connectivity index (χ3v) is 2.53. The Morgan fingerprint density at radius 2 is 2.00 bits per heavy atom. The van der Waals surface area contributed by atoms with E-state index >= 15 is 0 Å². The van der Waals surface area contributed by atoms with Crippen LogP contribution in [0.25, 0.3) is 0 Å². The summed E-state index contributed by atoms with van der Waals surface area (Å²) in [4.78, 5) is 1.66. The van der Waals surface area contributed by atoms with Gasteiger partial charge >= 0.3 is 6.18 Å². The molecule has 1 atom stereocenters. The Balaban J connectivity index is 2.11. The van der Waals surface area contributed by atoms with Gasteiger partial charge in [-0.2, -0.15) is 13.2 Å². The van der Waals surface area contributed by atoms with Gasteiger partial charge in [-0.3, -0.25) is 0 Å². The molecule has 1 saturated carbocycles. The van der Waals surface area contributed by atoms with Crippen molar-refractivity contribution in [2.75, 3.05) is 20.1 Å². The molecule has 0 saturated heterocycles. The molecule has 2 nitrogen and oxygen atoms in total. The number of nitrogens with two attached hydrogens (primary N) is 1. The molecule has 0 aromatic carbocycles. The van der Waals surface area contributed by atoms with E-state index in [0.29, 0.717) is 12.5 Å². The first-order valence-electron chi connectivity index (χ1n) is 4.89. The zero-order chi connectivity index (χ0) is 10.8. The first-order chi connectivity index (χ1) is 6.38. The summed E-state index contributed by atoms with van der Waals surface area (Å²) in [7, 11) is 1.69. The minimum Gasteiger partial charge on any atom is -0.326 e. The minimum absolute atomic E-state index is 0.0456. The first-order valence-corrected chi connectivity index (χ1v) is 4.89. The van der Waals surface area contributed by atoms with Gasteiger partial charge in [-0.1, -0.05) is 0 Å². The number of alkyl halides is 3. The van der Waals surface area contributed by atoms with Crippen molar-refractivity contribution in [3.05, 3.63) is 0 Å². The van der Waals surface area contributed by atoms with Crippen LogP contribution in [0.2, 0.25) is 0 Å². The van der Waals surface area contributed by atoms with E-state index in [0.717, 1.165) is 12.8 Å². The number of likely N-dealkylation sites (N-methyl/N-ethyl adjacent to an activating group) is 1. The summed E-state index contributed by atoms with van der Waals surface area (Å²) in [5.41, 5.74) is 5.80. The van der Waals surface area contributed by atoms with Gasteiger partial charge in [0.05, 0.1) is 6.42 Å². The fourth-order valence-corrected chi connectivity index (χ4v) is 1.44. The highest BCUT2D eigenvalue weighted by molar-refractivity contribution is 4.85. The number of hydrogen-bond donors (Lipinski definition) is 1. The lowest BCUT2D eigenvalue weighted by atomic mass is 10.2. The van der Waals surface area contributed by atoms with Gasteiger partial charge in [-0.25, -0.2) is 0 Å². The van der Waals surface area contributed by atoms with Crippen LogP contribution in [0.1, 0.15) is 19.3 Å². The standard InChI is InChI=1S/C9H17F3N2/c1-14(5-4-9(10,11)12)6-8(13)7-2-3-7/h7-8H,2-6,13H2,1H3. The van der Waals surface area contributed by atoms with Crippen LogP contribution < -0.4 is 5.73 Å². The number of halogens is 3. The number of nitrogens with zero attached hydrogens (tertiary/aromatic N) is 1. The van der Waals surface area contributed by atoms with E-state index in [4.69, 9.17) is 5.73 Å². The third-order valence-electron chi connectivity index (χ3n) is 2.53. The summed E-state index contributed by atoms with van der Waals surface area (Å²) in [5.74, 6) is 0.545. The molecule has 5 heteroatoms. The number of rotatable bonds is 5. The van der Waals surface area contributed by atoms with Gasteiger partial charge in [-0.05, 0) is 25.8 Å². The van der Waals surface area contributed by atoms with E-state index in [1.165, 1.54) is 0 Å². The Kier molecular flexibility index (Phi) is 3.78. The summed E-state index contributed by atoms with van der Waals surface area (Å²) in [6.45, 7) is 0.616. The lowest BCUT2D eigenvalue weighted by Crippen LogP contribution is -2.38. The van der Waals surface area contributed by atoms with Gasteiger partial charge in [-0.15, -0.1) is 0 Å². The monoisotopic (exact) mass is 210 g/mol. The molecule has 0 bridgehead atoms. The molecule has 14 heavy (non-hydrogen) atoms. The second-order valence-electron chi connectivity index (χ2n) is 4.13. The van der Waals surface area contributed by atoms with Crippen LogP contribution in [0.4, 0.5) is 13.2 Å². The van der Waals surface area contributed by atoms with Crippen LogP contribution in [0.3, 0.4) is 0 Å². The maximum atomic E-state index is 11.9. The maximum absolute atomic E-state index is 11.9. The Morgan fingerprint density at radius 3 is 2.43 bits per heavy atom. The van der Waals surface area contributed by atoms with Gasteiger partial charge in [0.2, 0.25) is 0 Å². The summed E-state index contributed by atoms with van der Waals surface area (Å²) < 4.78 is 35.6. The molecule has 0 spiro atoms. The second-order valence-corrected chi connectivity index (χ2v) is 4.13. The molecule has 0 aromatic rings. The van der Waals surface area contributed by atoms with Crippen molar-refractivity contribution in [2.45, 2.75) is 31.5 Å². The zero-order valence-electron chi connectivity index (χ0n) is 8.35. The molecule has 2 N–H and O–H groups in total. The van der Waals surface area contributed by atoms with Crippen LogP contribution in [0, 0.1) is 5.92 Å². The largest absolute Gasteiger partial charge is 0.390 e. The molecule has 0 aromatic heterocycles. The van der Waals surface area contributed by atoms with Crippen molar-refractivity contribution in [2.24, 2.45) is 11.7 Å². The van der Waals surface area contributed by atoms with E-state index < -0.39 is 12.6 Å². The Morgan fingerprint density at radius 1 is 1.43 bits per heavy atom. The Bertz CT molecular complexity index is 177. The van der Waals surface area contributed by atoms with Crippen molar-refractivity contribution in [3.8, 4) is 0 Å². The molecule has 1 aliphatic rings. The average Bonchev–Trinajstić information content (AvgIpc) is 2.81. The molecule has 1 fully saturated rings. The minimum atomic E-state index is -4.06. The fraction of sp³-hybridized carbons (Fsp3) is 1.00. The van der Waals surface area contributed by atoms with Crippen molar-refractivity contribution >= 4 is 0 Å². The van der Waals surface area contributed by atoms with Crippen molar-refractivity contribution < 1.29 is 13.2 Å². The first kappa shape index (κ1) is 11.8. The van der Waals surface area contributed by atoms with Crippen molar-refractivity contribution in [1.29, 1.82) is 0 Å². The summed E-state index contributed by atoms with van der Waals surface area (Å²) in [6.07, 6.45) is -2.54. The molecular formula is C9H17F3N2. The van der Waals surface area contributed by atoms with Crippen LogP contribution in [-0.2, 0) is 0 Å². The maximum Gasteiger partial charge on any atom is 0.390 e. The molecule has 1 aliphatic carbocycles. The van der Waals surface area contributed by atoms with E-state index in [2.05, 4.69) is 0 Å². The molecule has 1 rings (SSSR count). The lowest BCUT2D eigenvalue weighted by molar-refractivity contribution is -0.137. The highest BCUT2D eigenvalue weighted by Gasteiger charge is 2.30. The molecule has 84 valence electrons. The normalized spacial score (nSPS) is 20.1. The van der Waals surface area contributed by atoms with E-state index in [-0.39, 0.29) is 12.6 Å². The van der Waals surface area contributed by atoms with E-state index in [1.54, 1.807) is 11.9 Å². The Hall–Kier alpha value is -0.290. The molecule has 0 aliphatic heterocycles. The topological polar surface area (TPSA) is 29.3 Å². The highest BCUT2D eigenvalue weighted by Crippen LogP contribution is 2.31. The third kappa shape index (κ3) is 4.81. The van der Waals surface area contributed by atoms with Crippen LogP contribution in [-0.4, -0.2) is 37.3 Å². The van der Waals surface area contributed by atoms with Crippen LogP contribution in [0.15, 0.2) is 0 Å². The van der Waals surface area contributed by atoms with E-state index in [1.807, 2.05) is 0 Å². The summed E-state index contributed by atoms with van der Waals surface area (Å²) in [6, 6.07) is 0.0493. The molecule has 0 heterocycles. The highest BCUT2D eigenvalue weighted by atomic mass is 19.4.